The molecule has 1 saturated heterocycles. The van der Waals surface area contributed by atoms with E-state index in [1.165, 1.54) is 7.11 Å². The third kappa shape index (κ3) is 4.26. The monoisotopic (exact) mass is 363 g/mol. The van der Waals surface area contributed by atoms with Crippen LogP contribution in [0, 0.1) is 0 Å². The summed E-state index contributed by atoms with van der Waals surface area (Å²) in [6, 6.07) is 3.58. The molecule has 1 aliphatic heterocycles. The van der Waals surface area contributed by atoms with Gasteiger partial charge in [0.2, 0.25) is 0 Å². The van der Waals surface area contributed by atoms with Crippen molar-refractivity contribution in [3.63, 3.8) is 0 Å². The van der Waals surface area contributed by atoms with Crippen LogP contribution in [-0.2, 0) is 0 Å². The van der Waals surface area contributed by atoms with Crippen LogP contribution in [0.2, 0.25) is 0 Å². The van der Waals surface area contributed by atoms with Crippen molar-refractivity contribution in [2.24, 2.45) is 5.10 Å². The average molecular weight is 365 g/mol. The average Bonchev–Trinajstić information content (AvgIpc) is 2.41. The molecule has 0 radical (unpaired) electrons. The second-order valence-corrected chi connectivity index (χ2v) is 5.41. The Balaban J connectivity index is 0.00000200. The van der Waals surface area contributed by atoms with Gasteiger partial charge in [-0.1, -0.05) is 0 Å². The predicted octanol–water partition coefficient (Wildman–Crippen LogP) is 2.17. The number of phenolic OH excluding ortho intramolecular Hbond substituents is 1. The van der Waals surface area contributed by atoms with Gasteiger partial charge < -0.3 is 14.7 Å². The standard InChI is InChI=1S/C13H18BrN3O2.ClH/c1-16-3-5-17(6-4-16)15-9-10-7-11(14)13(18)12(8-10)19-2;/h7-9,18H,3-6H2,1-2H3;1H. The smallest absolute Gasteiger partial charge is 0.172 e. The van der Waals surface area contributed by atoms with E-state index in [4.69, 9.17) is 4.74 Å². The van der Waals surface area contributed by atoms with Crippen molar-refractivity contribution in [1.29, 1.82) is 0 Å². The first kappa shape index (κ1) is 17.1. The fourth-order valence-corrected chi connectivity index (χ4v) is 2.34. The number of benzene rings is 1. The van der Waals surface area contributed by atoms with Gasteiger partial charge in [-0.15, -0.1) is 12.4 Å². The molecular formula is C13H19BrClN3O2. The number of aromatic hydroxyl groups is 1. The largest absolute Gasteiger partial charge is 0.503 e. The van der Waals surface area contributed by atoms with Crippen LogP contribution < -0.4 is 4.74 Å². The normalized spacial score (nSPS) is 16.2. The Bertz CT molecular complexity index is 477. The summed E-state index contributed by atoms with van der Waals surface area (Å²) in [6.07, 6.45) is 1.79. The minimum atomic E-state index is 0. The maximum Gasteiger partial charge on any atom is 0.172 e. The first-order valence-corrected chi connectivity index (χ1v) is 6.93. The molecule has 0 saturated carbocycles. The maximum atomic E-state index is 9.74. The van der Waals surface area contributed by atoms with Crippen molar-refractivity contribution in [2.45, 2.75) is 0 Å². The number of ether oxygens (including phenoxy) is 1. The number of phenols is 1. The summed E-state index contributed by atoms with van der Waals surface area (Å²) in [5.41, 5.74) is 0.889. The molecule has 1 N–H and O–H groups in total. The van der Waals surface area contributed by atoms with E-state index in [1.54, 1.807) is 12.3 Å². The van der Waals surface area contributed by atoms with Crippen LogP contribution in [0.3, 0.4) is 0 Å². The summed E-state index contributed by atoms with van der Waals surface area (Å²) in [5.74, 6) is 0.549. The summed E-state index contributed by atoms with van der Waals surface area (Å²) in [6.45, 7) is 3.92. The molecule has 1 aromatic carbocycles. The van der Waals surface area contributed by atoms with E-state index in [1.807, 2.05) is 11.1 Å². The van der Waals surface area contributed by atoms with E-state index >= 15 is 0 Å². The zero-order chi connectivity index (χ0) is 13.8. The lowest BCUT2D eigenvalue weighted by Gasteiger charge is -2.30. The third-order valence-electron chi connectivity index (χ3n) is 3.12. The molecule has 1 heterocycles. The molecule has 1 fully saturated rings. The molecule has 0 spiro atoms. The minimum Gasteiger partial charge on any atom is -0.503 e. The number of rotatable bonds is 3. The quantitative estimate of drug-likeness (QED) is 0.835. The highest BCUT2D eigenvalue weighted by molar-refractivity contribution is 9.10. The zero-order valence-corrected chi connectivity index (χ0v) is 13.9. The number of hydrogen-bond donors (Lipinski definition) is 1. The predicted molar refractivity (Wildman–Crippen MR) is 86.3 cm³/mol. The van der Waals surface area contributed by atoms with Crippen molar-refractivity contribution in [3.05, 3.63) is 22.2 Å². The van der Waals surface area contributed by atoms with Gasteiger partial charge in [-0.05, 0) is 40.7 Å². The van der Waals surface area contributed by atoms with E-state index in [-0.39, 0.29) is 18.2 Å². The lowest BCUT2D eigenvalue weighted by molar-refractivity contribution is 0.159. The molecule has 0 unspecified atom stereocenters. The van der Waals surface area contributed by atoms with Crippen molar-refractivity contribution in [3.8, 4) is 11.5 Å². The van der Waals surface area contributed by atoms with Crippen LogP contribution in [0.15, 0.2) is 21.7 Å². The molecule has 5 nitrogen and oxygen atoms in total. The Kier molecular flexibility index (Phi) is 6.58. The second-order valence-electron chi connectivity index (χ2n) is 4.56. The van der Waals surface area contributed by atoms with Crippen molar-refractivity contribution < 1.29 is 9.84 Å². The van der Waals surface area contributed by atoms with Crippen LogP contribution in [0.4, 0.5) is 0 Å². The van der Waals surface area contributed by atoms with Gasteiger partial charge in [0.25, 0.3) is 0 Å². The van der Waals surface area contributed by atoms with E-state index in [2.05, 4.69) is 33.0 Å². The van der Waals surface area contributed by atoms with Crippen molar-refractivity contribution >= 4 is 34.6 Å². The fraction of sp³-hybridized carbons (Fsp3) is 0.462. The number of hydrazone groups is 1. The Hall–Kier alpha value is -0.980. The maximum absolute atomic E-state index is 9.74. The highest BCUT2D eigenvalue weighted by Gasteiger charge is 2.11. The fourth-order valence-electron chi connectivity index (χ4n) is 1.88. The molecule has 1 aliphatic rings. The summed E-state index contributed by atoms with van der Waals surface area (Å²) in [5, 5.41) is 16.2. The summed E-state index contributed by atoms with van der Waals surface area (Å²) in [4.78, 5) is 2.28. The molecule has 0 aliphatic carbocycles. The van der Waals surface area contributed by atoms with Crippen LogP contribution in [-0.4, -0.2) is 61.6 Å². The van der Waals surface area contributed by atoms with Gasteiger partial charge >= 0.3 is 0 Å². The van der Waals surface area contributed by atoms with Crippen molar-refractivity contribution in [2.75, 3.05) is 40.3 Å². The Labute approximate surface area is 133 Å². The number of methoxy groups -OCH3 is 1. The summed E-state index contributed by atoms with van der Waals surface area (Å²) in [7, 11) is 3.64. The molecule has 0 aromatic heterocycles. The zero-order valence-electron chi connectivity index (χ0n) is 11.5. The number of piperazine rings is 1. The molecule has 7 heteroatoms. The van der Waals surface area contributed by atoms with Gasteiger partial charge in [-0.2, -0.15) is 5.10 Å². The number of nitrogens with zero attached hydrogens (tertiary/aromatic N) is 3. The van der Waals surface area contributed by atoms with Crippen LogP contribution in [0.1, 0.15) is 5.56 Å². The molecule has 0 atom stereocenters. The second kappa shape index (κ2) is 7.71. The van der Waals surface area contributed by atoms with E-state index < -0.39 is 0 Å². The number of halogens is 2. The van der Waals surface area contributed by atoms with Gasteiger partial charge in [0.05, 0.1) is 17.8 Å². The summed E-state index contributed by atoms with van der Waals surface area (Å²) < 4.78 is 5.71. The molecule has 112 valence electrons. The number of hydrogen-bond acceptors (Lipinski definition) is 5. The van der Waals surface area contributed by atoms with Gasteiger partial charge in [0.15, 0.2) is 11.5 Å². The molecule has 1 aromatic rings. The van der Waals surface area contributed by atoms with Crippen LogP contribution in [0.5, 0.6) is 11.5 Å². The molecule has 0 bridgehead atoms. The first-order valence-electron chi connectivity index (χ1n) is 6.14. The molecule has 20 heavy (non-hydrogen) atoms. The molecule has 0 amide bonds. The van der Waals surface area contributed by atoms with Gasteiger partial charge in [0.1, 0.15) is 0 Å². The highest BCUT2D eigenvalue weighted by Crippen LogP contribution is 2.34. The minimum absolute atomic E-state index is 0. The van der Waals surface area contributed by atoms with Gasteiger partial charge in [0, 0.05) is 26.2 Å². The Morgan fingerprint density at radius 3 is 2.55 bits per heavy atom. The van der Waals surface area contributed by atoms with E-state index in [9.17, 15) is 5.11 Å². The molecular weight excluding hydrogens is 346 g/mol. The topological polar surface area (TPSA) is 48.3 Å². The van der Waals surface area contributed by atoms with Gasteiger partial charge in [-0.3, -0.25) is 5.01 Å². The van der Waals surface area contributed by atoms with Crippen LogP contribution in [0.25, 0.3) is 0 Å². The Morgan fingerprint density at radius 1 is 1.30 bits per heavy atom. The SMILES string of the molecule is COc1cc(C=NN2CCN(C)CC2)cc(Br)c1O.Cl. The van der Waals surface area contributed by atoms with E-state index in [0.29, 0.717) is 10.2 Å². The van der Waals surface area contributed by atoms with Crippen LogP contribution >= 0.6 is 28.3 Å². The first-order chi connectivity index (χ1) is 9.10. The Morgan fingerprint density at radius 2 is 1.95 bits per heavy atom. The van der Waals surface area contributed by atoms with Crippen molar-refractivity contribution in [1.82, 2.24) is 9.91 Å². The lowest BCUT2D eigenvalue weighted by atomic mass is 10.2. The number of likely N-dealkylation sites (N-methyl/N-ethyl adjacent to an activating group) is 1. The highest BCUT2D eigenvalue weighted by atomic mass is 79.9. The van der Waals surface area contributed by atoms with Gasteiger partial charge in [-0.25, -0.2) is 0 Å². The van der Waals surface area contributed by atoms with E-state index in [0.717, 1.165) is 31.7 Å². The summed E-state index contributed by atoms with van der Waals surface area (Å²) >= 11 is 3.30. The molecule has 2 rings (SSSR count). The lowest BCUT2D eigenvalue weighted by Crippen LogP contribution is -2.41. The third-order valence-corrected chi connectivity index (χ3v) is 3.72.